The molecule has 0 aliphatic carbocycles. The normalized spacial score (nSPS) is 17.8. The minimum atomic E-state index is -1.33. The van der Waals surface area contributed by atoms with Crippen LogP contribution in [0, 0.1) is 5.82 Å². The van der Waals surface area contributed by atoms with E-state index in [1.165, 1.54) is 30.2 Å². The molecule has 0 N–H and O–H groups in total. The number of nitrogens with zero attached hydrogens (tertiary/aromatic N) is 2. The van der Waals surface area contributed by atoms with Crippen molar-refractivity contribution in [2.75, 3.05) is 20.8 Å². The number of halogens is 1. The molecule has 3 rings (SSSR count). The Morgan fingerprint density at radius 1 is 1.23 bits per heavy atom. The minimum absolute atomic E-state index is 0.193. The first kappa shape index (κ1) is 21.6. The van der Waals surface area contributed by atoms with E-state index in [2.05, 4.69) is 4.99 Å². The molecule has 0 aromatic heterocycles. The van der Waals surface area contributed by atoms with Crippen molar-refractivity contribution in [3.63, 3.8) is 0 Å². The largest absolute Gasteiger partial charge is 0.549 e. The highest BCUT2D eigenvalue weighted by atomic mass is 32.2. The van der Waals surface area contributed by atoms with Gasteiger partial charge in [0, 0.05) is 13.0 Å². The summed E-state index contributed by atoms with van der Waals surface area (Å²) in [6.07, 6.45) is 0.284. The van der Waals surface area contributed by atoms with Crippen LogP contribution in [0.1, 0.15) is 12.0 Å². The van der Waals surface area contributed by atoms with Gasteiger partial charge in [0.2, 0.25) is 5.91 Å². The van der Waals surface area contributed by atoms with Gasteiger partial charge >= 0.3 is 0 Å². The van der Waals surface area contributed by atoms with Crippen molar-refractivity contribution in [3.8, 4) is 11.5 Å². The van der Waals surface area contributed by atoms with E-state index in [4.69, 9.17) is 9.47 Å². The zero-order valence-corrected chi connectivity index (χ0v) is 17.3. The van der Waals surface area contributed by atoms with Gasteiger partial charge in [0.25, 0.3) is 0 Å². The number of carbonyl (C=O) groups excluding carboxylic acids is 2. The summed E-state index contributed by atoms with van der Waals surface area (Å²) in [4.78, 5) is 29.7. The standard InChI is InChI=1S/C21H21FN2O5S/c1-28-16-7-6-13(10-17(16)29-2)8-9-24-19(25)12-18(20(26)27)30-21(24)23-15-5-3-4-14(22)11-15/h3-7,10-11,18H,8-9,12H2,1-2H3,(H,26,27)/p-1/t18-/m0/s1. The quantitative estimate of drug-likeness (QED) is 0.667. The molecule has 7 nitrogen and oxygen atoms in total. The molecule has 1 atom stereocenters. The topological polar surface area (TPSA) is 91.3 Å². The van der Waals surface area contributed by atoms with Gasteiger partial charge in [0.15, 0.2) is 16.7 Å². The van der Waals surface area contributed by atoms with Crippen LogP contribution in [-0.2, 0) is 16.0 Å². The van der Waals surface area contributed by atoms with Gasteiger partial charge in [0.05, 0.1) is 31.1 Å². The molecule has 1 aliphatic heterocycles. The fraction of sp³-hybridized carbons (Fsp3) is 0.286. The molecule has 158 valence electrons. The molecule has 0 unspecified atom stereocenters. The fourth-order valence-corrected chi connectivity index (χ4v) is 4.03. The molecule has 0 saturated carbocycles. The third-order valence-corrected chi connectivity index (χ3v) is 5.67. The molecule has 2 aromatic rings. The number of carboxylic acid groups (broad SMARTS) is 1. The number of aliphatic imine (C=N–C) groups is 1. The second kappa shape index (κ2) is 9.62. The van der Waals surface area contributed by atoms with Crippen LogP contribution in [0.4, 0.5) is 10.1 Å². The number of benzene rings is 2. The lowest BCUT2D eigenvalue weighted by molar-refractivity contribution is -0.304. The number of methoxy groups -OCH3 is 2. The number of hydrogen-bond acceptors (Lipinski definition) is 7. The highest BCUT2D eigenvalue weighted by Crippen LogP contribution is 2.30. The molecule has 30 heavy (non-hydrogen) atoms. The number of amides is 1. The highest BCUT2D eigenvalue weighted by Gasteiger charge is 2.32. The van der Waals surface area contributed by atoms with Gasteiger partial charge in [-0.05, 0) is 42.3 Å². The average Bonchev–Trinajstić information content (AvgIpc) is 2.72. The summed E-state index contributed by atoms with van der Waals surface area (Å²) in [6.45, 7) is 0.273. The first-order chi connectivity index (χ1) is 14.4. The predicted octanol–water partition coefficient (Wildman–Crippen LogP) is 2.16. The Bertz CT molecular complexity index is 982. The van der Waals surface area contributed by atoms with E-state index in [1.807, 2.05) is 12.1 Å². The number of thioether (sulfide) groups is 1. The maximum Gasteiger partial charge on any atom is 0.230 e. The minimum Gasteiger partial charge on any atom is -0.549 e. The Labute approximate surface area is 177 Å². The van der Waals surface area contributed by atoms with Gasteiger partial charge in [0.1, 0.15) is 5.82 Å². The van der Waals surface area contributed by atoms with Crippen molar-refractivity contribution in [2.45, 2.75) is 18.1 Å². The lowest BCUT2D eigenvalue weighted by Crippen LogP contribution is -2.48. The van der Waals surface area contributed by atoms with Gasteiger partial charge in [-0.15, -0.1) is 0 Å². The molecule has 1 heterocycles. The first-order valence-corrected chi connectivity index (χ1v) is 10.0. The number of aliphatic carboxylic acids is 1. The zero-order valence-electron chi connectivity index (χ0n) is 16.5. The second-order valence-corrected chi connectivity index (χ2v) is 7.66. The molecular weight excluding hydrogens is 411 g/mol. The lowest BCUT2D eigenvalue weighted by Gasteiger charge is -2.32. The van der Waals surface area contributed by atoms with Crippen molar-refractivity contribution in [2.24, 2.45) is 4.99 Å². The smallest absolute Gasteiger partial charge is 0.230 e. The molecular formula is C21H20FN2O5S-. The van der Waals surface area contributed by atoms with E-state index in [-0.39, 0.29) is 24.0 Å². The number of hydrogen-bond donors (Lipinski definition) is 0. The van der Waals surface area contributed by atoms with Crippen LogP contribution in [0.3, 0.4) is 0 Å². The molecule has 9 heteroatoms. The Kier molecular flexibility index (Phi) is 6.94. The predicted molar refractivity (Wildman–Crippen MR) is 109 cm³/mol. The molecule has 2 aromatic carbocycles. The summed E-state index contributed by atoms with van der Waals surface area (Å²) in [5.41, 5.74) is 1.19. The first-order valence-electron chi connectivity index (χ1n) is 9.14. The summed E-state index contributed by atoms with van der Waals surface area (Å²) >= 11 is 0.927. The number of ether oxygens (including phenoxy) is 2. The van der Waals surface area contributed by atoms with Crippen LogP contribution in [0.15, 0.2) is 47.5 Å². The summed E-state index contributed by atoms with van der Waals surface area (Å²) in [5, 5.41) is 10.5. The number of amidine groups is 1. The number of carbonyl (C=O) groups is 2. The van der Waals surface area contributed by atoms with E-state index in [0.717, 1.165) is 17.3 Å². The van der Waals surface area contributed by atoms with Crippen molar-refractivity contribution >= 4 is 34.5 Å². The number of carboxylic acids is 1. The third-order valence-electron chi connectivity index (χ3n) is 4.51. The average molecular weight is 431 g/mol. The van der Waals surface area contributed by atoms with Crippen molar-refractivity contribution in [3.05, 3.63) is 53.8 Å². The van der Waals surface area contributed by atoms with E-state index in [1.54, 1.807) is 19.2 Å². The fourth-order valence-electron chi connectivity index (χ4n) is 2.98. The Hall–Kier alpha value is -3.07. The molecule has 0 bridgehead atoms. The molecule has 1 saturated heterocycles. The third kappa shape index (κ3) is 5.10. The Morgan fingerprint density at radius 3 is 2.67 bits per heavy atom. The molecule has 0 spiro atoms. The van der Waals surface area contributed by atoms with Gasteiger partial charge in [-0.25, -0.2) is 9.38 Å². The maximum absolute atomic E-state index is 13.5. The van der Waals surface area contributed by atoms with Gasteiger partial charge in [-0.2, -0.15) is 0 Å². The zero-order chi connectivity index (χ0) is 21.7. The highest BCUT2D eigenvalue weighted by molar-refractivity contribution is 8.15. The van der Waals surface area contributed by atoms with E-state index in [9.17, 15) is 19.1 Å². The lowest BCUT2D eigenvalue weighted by atomic mass is 10.1. The van der Waals surface area contributed by atoms with E-state index < -0.39 is 17.0 Å². The van der Waals surface area contributed by atoms with E-state index >= 15 is 0 Å². The van der Waals surface area contributed by atoms with Crippen LogP contribution < -0.4 is 14.6 Å². The van der Waals surface area contributed by atoms with Crippen LogP contribution in [-0.4, -0.2) is 48.0 Å². The van der Waals surface area contributed by atoms with Crippen LogP contribution in [0.25, 0.3) is 0 Å². The van der Waals surface area contributed by atoms with Gasteiger partial charge < -0.3 is 19.4 Å². The number of rotatable bonds is 7. The molecule has 0 radical (unpaired) electrons. The van der Waals surface area contributed by atoms with E-state index in [0.29, 0.717) is 23.6 Å². The molecule has 1 amide bonds. The summed E-state index contributed by atoms with van der Waals surface area (Å²) in [6, 6.07) is 11.0. The van der Waals surface area contributed by atoms with Crippen LogP contribution >= 0.6 is 11.8 Å². The summed E-state index contributed by atoms with van der Waals surface area (Å²) in [5.74, 6) is -1.02. The van der Waals surface area contributed by atoms with Crippen LogP contribution in [0.5, 0.6) is 11.5 Å². The molecule has 1 fully saturated rings. The van der Waals surface area contributed by atoms with Gasteiger partial charge in [-0.1, -0.05) is 23.9 Å². The Balaban J connectivity index is 1.84. The van der Waals surface area contributed by atoms with Crippen molar-refractivity contribution in [1.82, 2.24) is 4.90 Å². The van der Waals surface area contributed by atoms with Crippen molar-refractivity contribution < 1.29 is 28.6 Å². The summed E-state index contributed by atoms with van der Waals surface area (Å²) in [7, 11) is 3.08. The molecule has 1 aliphatic rings. The van der Waals surface area contributed by atoms with Crippen LogP contribution in [0.2, 0.25) is 0 Å². The summed E-state index contributed by atoms with van der Waals surface area (Å²) < 4.78 is 24.0. The maximum atomic E-state index is 13.5. The SMILES string of the molecule is COc1ccc(CCN2C(=O)C[C@@H](C(=O)[O-])SC2=Nc2cccc(F)c2)cc1OC. The second-order valence-electron chi connectivity index (χ2n) is 6.49. The Morgan fingerprint density at radius 2 is 2.00 bits per heavy atom. The monoisotopic (exact) mass is 431 g/mol. The van der Waals surface area contributed by atoms with Gasteiger partial charge in [-0.3, -0.25) is 9.69 Å². The van der Waals surface area contributed by atoms with Crippen molar-refractivity contribution in [1.29, 1.82) is 0 Å².